The van der Waals surface area contributed by atoms with Gasteiger partial charge in [0.1, 0.15) is 22.9 Å². The summed E-state index contributed by atoms with van der Waals surface area (Å²) in [5, 5.41) is 25.7. The molecule has 4 heterocycles. The lowest BCUT2D eigenvalue weighted by atomic mass is 9.70. The Morgan fingerprint density at radius 2 is 1.79 bits per heavy atom. The lowest BCUT2D eigenvalue weighted by molar-refractivity contribution is -0.384. The van der Waals surface area contributed by atoms with Gasteiger partial charge in [0, 0.05) is 62.8 Å². The first-order valence-electron chi connectivity index (χ1n) is 23.4. The highest BCUT2D eigenvalue weighted by molar-refractivity contribution is 7.90. The molecule has 0 bridgehead atoms. The molecule has 2 atom stereocenters. The van der Waals surface area contributed by atoms with Crippen LogP contribution in [0.5, 0.6) is 11.5 Å². The fourth-order valence-corrected chi connectivity index (χ4v) is 12.0. The van der Waals surface area contributed by atoms with E-state index in [0.717, 1.165) is 69.8 Å². The van der Waals surface area contributed by atoms with E-state index < -0.39 is 42.9 Å². The van der Waals surface area contributed by atoms with E-state index in [4.69, 9.17) is 11.2 Å². The molecule has 1 spiro atoms. The molecule has 16 heteroatoms. The SMILES string of the molecule is C#Cc1nc2[nH]cc(F)c2cc1Oc1cc(N2CCC3(CC2)CN([C@@H]2CCC[C@@H]2c2ccccc2C(C)C)C3)ccc1C(=O)NS(=O)(=O)c1ccc(NCC2CCC(C)(O)CC2)c([N+](=O)[O-])c1. The predicted octanol–water partition coefficient (Wildman–Crippen LogP) is 9.22. The highest BCUT2D eigenvalue weighted by Crippen LogP contribution is 2.49. The largest absolute Gasteiger partial charge is 0.453 e. The Morgan fingerprint density at radius 1 is 1.04 bits per heavy atom. The van der Waals surface area contributed by atoms with Gasteiger partial charge in [-0.05, 0) is 129 Å². The number of H-pyrrole nitrogens is 1. The summed E-state index contributed by atoms with van der Waals surface area (Å²) in [5.41, 5.74) is 2.90. The Hall–Kier alpha value is -6.02. The number of carbonyl (C=O) groups excluding carboxylic acids is 1. The third-order valence-corrected chi connectivity index (χ3v) is 16.2. The maximum Gasteiger partial charge on any atom is 0.293 e. The number of aromatic nitrogens is 2. The first kappa shape index (κ1) is 46.1. The summed E-state index contributed by atoms with van der Waals surface area (Å²) in [4.78, 5) is 37.1. The number of aromatic amines is 1. The number of benzene rings is 3. The van der Waals surface area contributed by atoms with Crippen LogP contribution in [-0.2, 0) is 10.0 Å². The number of nitro groups is 1. The molecule has 2 saturated carbocycles. The van der Waals surface area contributed by atoms with Gasteiger partial charge in [0.05, 0.1) is 26.4 Å². The Balaban J connectivity index is 0.929. The fraction of sp³-hybridized carbons (Fsp3) is 0.451. The van der Waals surface area contributed by atoms with Crippen molar-refractivity contribution in [3.05, 3.63) is 111 Å². The van der Waals surface area contributed by atoms with E-state index in [9.17, 15) is 32.8 Å². The average molecular weight is 932 g/mol. The molecule has 4 N–H and O–H groups in total. The fourth-order valence-electron chi connectivity index (χ4n) is 11.0. The van der Waals surface area contributed by atoms with Crippen LogP contribution in [0.1, 0.15) is 118 Å². The smallest absolute Gasteiger partial charge is 0.293 e. The van der Waals surface area contributed by atoms with E-state index in [1.54, 1.807) is 19.1 Å². The molecule has 9 rings (SSSR count). The van der Waals surface area contributed by atoms with Gasteiger partial charge >= 0.3 is 0 Å². The molecule has 4 fully saturated rings. The lowest BCUT2D eigenvalue weighted by Gasteiger charge is -2.57. The van der Waals surface area contributed by atoms with Crippen LogP contribution in [-0.4, -0.2) is 83.6 Å². The first-order valence-corrected chi connectivity index (χ1v) is 24.9. The summed E-state index contributed by atoms with van der Waals surface area (Å²) in [6.07, 6.45) is 15.3. The number of likely N-dealkylation sites (tertiary alicyclic amines) is 1. The summed E-state index contributed by atoms with van der Waals surface area (Å²) in [7, 11) is -4.66. The van der Waals surface area contributed by atoms with Crippen LogP contribution in [0.2, 0.25) is 0 Å². The zero-order valence-corrected chi connectivity index (χ0v) is 39.0. The average Bonchev–Trinajstić information content (AvgIpc) is 3.93. The number of halogens is 1. The van der Waals surface area contributed by atoms with Gasteiger partial charge in [0.25, 0.3) is 21.6 Å². The van der Waals surface area contributed by atoms with Gasteiger partial charge in [-0.2, -0.15) is 0 Å². The van der Waals surface area contributed by atoms with E-state index >= 15 is 0 Å². The van der Waals surface area contributed by atoms with Gasteiger partial charge in [-0.1, -0.05) is 44.5 Å². The molecular formula is C51H58FN7O7S. The van der Waals surface area contributed by atoms with Crippen molar-refractivity contribution in [3.8, 4) is 23.8 Å². The van der Waals surface area contributed by atoms with Crippen LogP contribution >= 0.6 is 0 Å². The number of fused-ring (bicyclic) bond motifs is 1. The number of amides is 1. The Labute approximate surface area is 390 Å². The maximum absolute atomic E-state index is 14.8. The van der Waals surface area contributed by atoms with Gasteiger partial charge in [0.2, 0.25) is 0 Å². The molecule has 2 aromatic heterocycles. The van der Waals surface area contributed by atoms with Crippen molar-refractivity contribution in [2.45, 2.75) is 107 Å². The molecule has 2 aliphatic heterocycles. The third-order valence-electron chi connectivity index (χ3n) is 14.8. The molecule has 352 valence electrons. The van der Waals surface area contributed by atoms with Crippen molar-refractivity contribution < 1.29 is 32.4 Å². The van der Waals surface area contributed by atoms with Crippen molar-refractivity contribution in [1.82, 2.24) is 19.6 Å². The number of pyridine rings is 1. The molecule has 0 radical (unpaired) electrons. The molecule has 67 heavy (non-hydrogen) atoms. The highest BCUT2D eigenvalue weighted by atomic mass is 32.2. The number of sulfonamides is 1. The number of rotatable bonds is 13. The molecule has 0 unspecified atom stereocenters. The minimum absolute atomic E-state index is 0.0201. The number of anilines is 2. The van der Waals surface area contributed by atoms with Gasteiger partial charge in [-0.15, -0.1) is 6.42 Å². The van der Waals surface area contributed by atoms with Gasteiger partial charge in [0.15, 0.2) is 11.4 Å². The van der Waals surface area contributed by atoms with Crippen LogP contribution in [0.25, 0.3) is 11.0 Å². The van der Waals surface area contributed by atoms with E-state index in [0.29, 0.717) is 37.3 Å². The molecule has 2 aliphatic carbocycles. The van der Waals surface area contributed by atoms with E-state index in [1.165, 1.54) is 54.7 Å². The number of nitrogens with zero attached hydrogens (tertiary/aromatic N) is 4. The number of ether oxygens (including phenoxy) is 1. The number of hydrogen-bond donors (Lipinski definition) is 4. The highest BCUT2D eigenvalue weighted by Gasteiger charge is 2.49. The van der Waals surface area contributed by atoms with Gasteiger partial charge < -0.3 is 25.0 Å². The zero-order valence-electron chi connectivity index (χ0n) is 38.2. The number of terminal acetylenes is 1. The number of aliphatic hydroxyl groups is 1. The molecule has 2 saturated heterocycles. The first-order chi connectivity index (χ1) is 32.0. The Bertz CT molecular complexity index is 2850. The number of carbonyl (C=O) groups is 1. The van der Waals surface area contributed by atoms with Crippen molar-refractivity contribution in [3.63, 3.8) is 0 Å². The number of piperidine rings is 1. The second-order valence-electron chi connectivity index (χ2n) is 19.8. The van der Waals surface area contributed by atoms with Crippen LogP contribution in [0.4, 0.5) is 21.5 Å². The summed E-state index contributed by atoms with van der Waals surface area (Å²) in [6, 6.07) is 19.1. The van der Waals surface area contributed by atoms with E-state index in [1.807, 2.05) is 0 Å². The van der Waals surface area contributed by atoms with Crippen LogP contribution in [0.3, 0.4) is 0 Å². The number of hydrogen-bond acceptors (Lipinski definition) is 11. The van der Waals surface area contributed by atoms with Crippen molar-refractivity contribution >= 4 is 44.0 Å². The molecule has 14 nitrogen and oxygen atoms in total. The Morgan fingerprint density at radius 3 is 2.51 bits per heavy atom. The lowest BCUT2D eigenvalue weighted by Crippen LogP contribution is -2.63. The van der Waals surface area contributed by atoms with Crippen LogP contribution in [0.15, 0.2) is 77.8 Å². The minimum atomic E-state index is -4.66. The predicted molar refractivity (Wildman–Crippen MR) is 256 cm³/mol. The second-order valence-corrected chi connectivity index (χ2v) is 21.4. The number of nitrogens with one attached hydrogen (secondary N) is 3. The quantitative estimate of drug-likeness (QED) is 0.0502. The van der Waals surface area contributed by atoms with Gasteiger partial charge in [-0.3, -0.25) is 19.8 Å². The zero-order chi connectivity index (χ0) is 47.3. The second kappa shape index (κ2) is 18.2. The number of nitro benzene ring substituents is 1. The van der Waals surface area contributed by atoms with E-state index in [-0.39, 0.29) is 50.8 Å². The summed E-state index contributed by atoms with van der Waals surface area (Å²) in [6.45, 7) is 10.4. The van der Waals surface area contributed by atoms with Crippen molar-refractivity contribution in [2.24, 2.45) is 11.3 Å². The van der Waals surface area contributed by atoms with Crippen molar-refractivity contribution in [2.75, 3.05) is 42.9 Å². The Kier molecular flexibility index (Phi) is 12.5. The molecule has 4 aliphatic rings. The molecule has 5 aromatic rings. The van der Waals surface area contributed by atoms with Gasteiger partial charge in [-0.25, -0.2) is 22.5 Å². The normalized spacial score (nSPS) is 22.9. The maximum atomic E-state index is 14.8. The molecular weight excluding hydrogens is 874 g/mol. The standard InChI is InChI=1S/C51H58FN7O7S/c1-5-42-47(27-40-41(52)29-54-48(40)55-42)66-46-25-34(57-23-21-51(22-24-57)30-58(31-51)44-12-8-11-38(44)37-10-7-6-9-36(37)32(2)3)13-15-39(46)49(60)56-67(64,65)35-14-16-43(45(26-35)59(62)63)53-28-33-17-19-50(4,61)20-18-33/h1,6-7,9-10,13-16,25-27,29,32-33,38,44,53,61H,8,11-12,17-24,28,30-31H2,2-4H3,(H,54,55)(H,56,60)/t33?,38-,44-,50?/m1/s1. The van der Waals surface area contributed by atoms with E-state index in [2.05, 4.69) is 73.8 Å². The topological polar surface area (TPSA) is 183 Å². The van der Waals surface area contributed by atoms with Crippen molar-refractivity contribution in [1.29, 1.82) is 0 Å². The monoisotopic (exact) mass is 931 g/mol. The summed E-state index contributed by atoms with van der Waals surface area (Å²) < 4.78 is 50.8. The van der Waals surface area contributed by atoms with Crippen LogP contribution < -0.4 is 19.7 Å². The molecule has 3 aromatic carbocycles. The summed E-state index contributed by atoms with van der Waals surface area (Å²) >= 11 is 0. The third kappa shape index (κ3) is 9.46. The molecule has 1 amide bonds. The minimum Gasteiger partial charge on any atom is -0.453 e. The van der Waals surface area contributed by atoms with Crippen LogP contribution in [0, 0.1) is 39.6 Å². The summed E-state index contributed by atoms with van der Waals surface area (Å²) in [5.74, 6) is 1.94.